The van der Waals surface area contributed by atoms with Crippen LogP contribution in [-0.4, -0.2) is 16.2 Å². The quantitative estimate of drug-likeness (QED) is 0.423. The van der Waals surface area contributed by atoms with Crippen LogP contribution in [0.15, 0.2) is 64.5 Å². The van der Waals surface area contributed by atoms with Gasteiger partial charge in [0.05, 0.1) is 21.3 Å². The smallest absolute Gasteiger partial charge is 0.271 e. The minimum absolute atomic E-state index is 0.00778. The van der Waals surface area contributed by atoms with E-state index in [1.165, 1.54) is 17.8 Å². The Labute approximate surface area is 197 Å². The van der Waals surface area contributed by atoms with Crippen molar-refractivity contribution in [3.05, 3.63) is 92.3 Å². The first kappa shape index (κ1) is 22.2. The third kappa shape index (κ3) is 4.45. The van der Waals surface area contributed by atoms with E-state index < -0.39 is 0 Å². The number of amides is 1. The molecule has 4 nitrogen and oxygen atoms in total. The third-order valence-electron chi connectivity index (χ3n) is 5.26. The maximum Gasteiger partial charge on any atom is 0.271 e. The number of anilines is 1. The molecule has 0 spiro atoms. The zero-order valence-electron chi connectivity index (χ0n) is 18.3. The number of halogens is 1. The molecule has 1 heterocycles. The van der Waals surface area contributed by atoms with Crippen LogP contribution in [0.3, 0.4) is 0 Å². The van der Waals surface area contributed by atoms with Crippen LogP contribution in [-0.2, 0) is 4.79 Å². The lowest BCUT2D eigenvalue weighted by atomic mass is 10.1. The van der Waals surface area contributed by atoms with E-state index in [4.69, 9.17) is 16.6 Å². The average Bonchev–Trinajstić information content (AvgIpc) is 3.04. The van der Waals surface area contributed by atoms with Crippen LogP contribution in [0.5, 0.6) is 5.75 Å². The van der Waals surface area contributed by atoms with E-state index in [1.807, 2.05) is 64.1 Å². The number of amidine groups is 1. The van der Waals surface area contributed by atoms with Crippen molar-refractivity contribution in [1.82, 2.24) is 0 Å². The zero-order chi connectivity index (χ0) is 23.0. The largest absolute Gasteiger partial charge is 0.506 e. The van der Waals surface area contributed by atoms with Crippen LogP contribution in [0, 0.1) is 27.7 Å². The third-order valence-corrected chi connectivity index (χ3v) is 6.53. The molecule has 1 amide bonds. The molecular formula is C26H23ClN2O2S. The maximum atomic E-state index is 13.6. The van der Waals surface area contributed by atoms with E-state index >= 15 is 0 Å². The number of aromatic hydroxyl groups is 1. The molecule has 0 aromatic heterocycles. The fourth-order valence-corrected chi connectivity index (χ4v) is 4.60. The lowest BCUT2D eigenvalue weighted by molar-refractivity contribution is -0.113. The Morgan fingerprint density at radius 1 is 0.938 bits per heavy atom. The van der Waals surface area contributed by atoms with Gasteiger partial charge in [0.25, 0.3) is 5.91 Å². The highest BCUT2D eigenvalue weighted by Gasteiger charge is 2.35. The van der Waals surface area contributed by atoms with Crippen LogP contribution in [0.2, 0.25) is 5.02 Å². The van der Waals surface area contributed by atoms with Crippen molar-refractivity contribution < 1.29 is 9.90 Å². The molecule has 32 heavy (non-hydrogen) atoms. The number of carbonyl (C=O) groups is 1. The Balaban J connectivity index is 1.85. The fourth-order valence-electron chi connectivity index (χ4n) is 3.43. The average molecular weight is 463 g/mol. The second-order valence-electron chi connectivity index (χ2n) is 7.94. The van der Waals surface area contributed by atoms with Crippen LogP contribution in [0.25, 0.3) is 6.08 Å². The number of aryl methyl sites for hydroxylation is 4. The molecule has 162 valence electrons. The molecule has 0 bridgehead atoms. The number of benzene rings is 3. The summed E-state index contributed by atoms with van der Waals surface area (Å²) < 4.78 is 0. The second kappa shape index (κ2) is 8.85. The molecule has 1 saturated heterocycles. The number of thioether (sulfide) groups is 1. The van der Waals surface area contributed by atoms with Crippen LogP contribution in [0.4, 0.5) is 11.4 Å². The van der Waals surface area contributed by atoms with Gasteiger partial charge in [-0.05, 0) is 97.6 Å². The summed E-state index contributed by atoms with van der Waals surface area (Å²) in [6.07, 6.45) is 1.78. The van der Waals surface area contributed by atoms with E-state index in [1.54, 1.807) is 23.1 Å². The summed E-state index contributed by atoms with van der Waals surface area (Å²) in [6, 6.07) is 17.0. The van der Waals surface area contributed by atoms with Gasteiger partial charge in [0, 0.05) is 0 Å². The minimum Gasteiger partial charge on any atom is -0.506 e. The van der Waals surface area contributed by atoms with Gasteiger partial charge in [-0.2, -0.15) is 0 Å². The van der Waals surface area contributed by atoms with Gasteiger partial charge >= 0.3 is 0 Å². The fraction of sp³-hybridized carbons (Fsp3) is 0.154. The van der Waals surface area contributed by atoms with Crippen molar-refractivity contribution in [2.24, 2.45) is 4.99 Å². The summed E-state index contributed by atoms with van der Waals surface area (Å²) in [5, 5.41) is 10.6. The van der Waals surface area contributed by atoms with Gasteiger partial charge in [0.1, 0.15) is 5.75 Å². The molecule has 0 saturated carbocycles. The van der Waals surface area contributed by atoms with Crippen molar-refractivity contribution in [1.29, 1.82) is 0 Å². The number of aliphatic imine (C=N–C) groups is 1. The summed E-state index contributed by atoms with van der Waals surface area (Å²) in [5.41, 5.74) is 6.60. The highest BCUT2D eigenvalue weighted by molar-refractivity contribution is 8.19. The molecule has 0 unspecified atom stereocenters. The molecule has 1 N–H and O–H groups in total. The number of carbonyl (C=O) groups excluding carboxylic acids is 1. The second-order valence-corrected chi connectivity index (χ2v) is 9.35. The van der Waals surface area contributed by atoms with Gasteiger partial charge < -0.3 is 5.11 Å². The monoisotopic (exact) mass is 462 g/mol. The topological polar surface area (TPSA) is 52.9 Å². The number of hydrogen-bond acceptors (Lipinski definition) is 4. The summed E-state index contributed by atoms with van der Waals surface area (Å²) in [4.78, 5) is 20.7. The van der Waals surface area contributed by atoms with Gasteiger partial charge in [-0.1, -0.05) is 41.9 Å². The molecule has 4 rings (SSSR count). The molecular weight excluding hydrogens is 440 g/mol. The van der Waals surface area contributed by atoms with Gasteiger partial charge in [-0.25, -0.2) is 4.99 Å². The first-order valence-electron chi connectivity index (χ1n) is 10.2. The predicted octanol–water partition coefficient (Wildman–Crippen LogP) is 7.09. The zero-order valence-corrected chi connectivity index (χ0v) is 19.9. The van der Waals surface area contributed by atoms with Crippen molar-refractivity contribution in [2.75, 3.05) is 4.90 Å². The summed E-state index contributed by atoms with van der Waals surface area (Å²) in [6.45, 7) is 8.03. The van der Waals surface area contributed by atoms with E-state index in [-0.39, 0.29) is 16.7 Å². The van der Waals surface area contributed by atoms with Gasteiger partial charge in [-0.15, -0.1) is 0 Å². The molecule has 0 atom stereocenters. The summed E-state index contributed by atoms with van der Waals surface area (Å²) in [7, 11) is 0. The SMILES string of the molecule is Cc1ccc(C)c(N=C2SC(=Cc3ccc(O)c(Cl)c3)C(=O)N2c2cc(C)ccc2C)c1. The molecule has 1 aliphatic rings. The molecule has 3 aromatic carbocycles. The Kier molecular flexibility index (Phi) is 6.13. The lowest BCUT2D eigenvalue weighted by Gasteiger charge is -2.19. The number of nitrogens with zero attached hydrogens (tertiary/aromatic N) is 2. The number of hydrogen-bond donors (Lipinski definition) is 1. The Morgan fingerprint density at radius 2 is 1.62 bits per heavy atom. The van der Waals surface area contributed by atoms with Crippen LogP contribution >= 0.6 is 23.4 Å². The van der Waals surface area contributed by atoms with Crippen LogP contribution in [0.1, 0.15) is 27.8 Å². The Bertz CT molecular complexity index is 1300. The molecule has 1 aliphatic heterocycles. The normalized spacial score (nSPS) is 16.4. The molecule has 0 radical (unpaired) electrons. The van der Waals surface area contributed by atoms with E-state index in [0.29, 0.717) is 10.1 Å². The van der Waals surface area contributed by atoms with Gasteiger partial charge in [0.2, 0.25) is 0 Å². The highest BCUT2D eigenvalue weighted by atomic mass is 35.5. The van der Waals surface area contributed by atoms with Crippen LogP contribution < -0.4 is 4.90 Å². The minimum atomic E-state index is -0.142. The molecule has 3 aromatic rings. The van der Waals surface area contributed by atoms with Crippen molar-refractivity contribution in [3.8, 4) is 5.75 Å². The molecule has 1 fully saturated rings. The number of rotatable bonds is 3. The van der Waals surface area contributed by atoms with E-state index in [2.05, 4.69) is 0 Å². The summed E-state index contributed by atoms with van der Waals surface area (Å²) >= 11 is 7.39. The van der Waals surface area contributed by atoms with Crippen molar-refractivity contribution in [3.63, 3.8) is 0 Å². The van der Waals surface area contributed by atoms with Crippen molar-refractivity contribution >= 4 is 51.9 Å². The maximum absolute atomic E-state index is 13.6. The summed E-state index contributed by atoms with van der Waals surface area (Å²) in [5.74, 6) is -0.134. The first-order chi connectivity index (χ1) is 15.2. The molecule has 0 aliphatic carbocycles. The molecule has 6 heteroatoms. The van der Waals surface area contributed by atoms with E-state index in [0.717, 1.165) is 39.2 Å². The van der Waals surface area contributed by atoms with E-state index in [9.17, 15) is 9.90 Å². The lowest BCUT2D eigenvalue weighted by Crippen LogP contribution is -2.29. The van der Waals surface area contributed by atoms with Gasteiger partial charge in [-0.3, -0.25) is 9.69 Å². The van der Waals surface area contributed by atoms with Gasteiger partial charge in [0.15, 0.2) is 5.17 Å². The van der Waals surface area contributed by atoms with Crippen molar-refractivity contribution in [2.45, 2.75) is 27.7 Å². The number of phenols is 1. The standard InChI is InChI=1S/C26H23ClN2O2S/c1-15-5-7-17(3)21(11-15)28-26-29(22-12-16(2)6-8-18(22)4)25(31)24(32-26)14-19-9-10-23(30)20(27)13-19/h5-14,30H,1-4H3. The highest BCUT2D eigenvalue weighted by Crippen LogP contribution is 2.39. The number of phenolic OH excluding ortho intramolecular Hbond substituents is 1. The Morgan fingerprint density at radius 3 is 2.34 bits per heavy atom. The first-order valence-corrected chi connectivity index (χ1v) is 11.4. The Hall–Kier alpha value is -3.02. The predicted molar refractivity (Wildman–Crippen MR) is 135 cm³/mol.